The number of rotatable bonds is 1. The van der Waals surface area contributed by atoms with Gasteiger partial charge in [0.05, 0.1) is 5.52 Å². The second-order valence-electron chi connectivity index (χ2n) is 3.13. The van der Waals surface area contributed by atoms with E-state index in [1.54, 1.807) is 0 Å². The van der Waals surface area contributed by atoms with Crippen LogP contribution in [0.5, 0.6) is 0 Å². The first-order chi connectivity index (χ1) is 6.22. The largest absolute Gasteiger partial charge is 0.253 e. The van der Waals surface area contributed by atoms with Crippen LogP contribution in [0.3, 0.4) is 0 Å². The third kappa shape index (κ3) is 1.31. The number of aryl methyl sites for hydroxylation is 2. The van der Waals surface area contributed by atoms with Gasteiger partial charge in [0.2, 0.25) is 0 Å². The van der Waals surface area contributed by atoms with Gasteiger partial charge in [0.25, 0.3) is 0 Å². The molecule has 2 aromatic rings. The van der Waals surface area contributed by atoms with Crippen molar-refractivity contribution in [3.8, 4) is 0 Å². The fourth-order valence-electron chi connectivity index (χ4n) is 1.42. The van der Waals surface area contributed by atoms with E-state index >= 15 is 0 Å². The third-order valence-corrected chi connectivity index (χ3v) is 2.53. The van der Waals surface area contributed by atoms with E-state index in [2.05, 4.69) is 18.1 Å². The summed E-state index contributed by atoms with van der Waals surface area (Å²) < 4.78 is 1.81. The van der Waals surface area contributed by atoms with E-state index in [1.165, 1.54) is 5.56 Å². The van der Waals surface area contributed by atoms with Gasteiger partial charge in [-0.25, -0.2) is 0 Å². The van der Waals surface area contributed by atoms with Crippen molar-refractivity contribution in [3.05, 3.63) is 28.9 Å². The minimum atomic E-state index is 0.737. The van der Waals surface area contributed by atoms with Crippen LogP contribution in [0.15, 0.2) is 18.2 Å². The third-order valence-electron chi connectivity index (χ3n) is 2.13. The lowest BCUT2D eigenvalue weighted by Crippen LogP contribution is -1.94. The van der Waals surface area contributed by atoms with Crippen molar-refractivity contribution >= 4 is 22.5 Å². The molecule has 0 fully saturated rings. The molecule has 0 bridgehead atoms. The standard InChI is InChI=1S/C10H11ClN2/c1-3-13-10(11)8-6-7(2)4-5-9(8)12-13/h4-6H,3H2,1-2H3. The Morgan fingerprint density at radius 2 is 2.23 bits per heavy atom. The molecule has 2 rings (SSSR count). The Hall–Kier alpha value is -1.02. The number of aromatic nitrogens is 2. The molecule has 0 amide bonds. The summed E-state index contributed by atoms with van der Waals surface area (Å²) in [5, 5.41) is 6.14. The highest BCUT2D eigenvalue weighted by atomic mass is 35.5. The lowest BCUT2D eigenvalue weighted by atomic mass is 10.2. The predicted octanol–water partition coefficient (Wildman–Crippen LogP) is 3.02. The molecule has 1 aromatic heterocycles. The van der Waals surface area contributed by atoms with Gasteiger partial charge >= 0.3 is 0 Å². The smallest absolute Gasteiger partial charge is 0.134 e. The molecule has 68 valence electrons. The van der Waals surface area contributed by atoms with E-state index in [-0.39, 0.29) is 0 Å². The molecule has 0 unspecified atom stereocenters. The predicted molar refractivity (Wildman–Crippen MR) is 55.2 cm³/mol. The average Bonchev–Trinajstić information content (AvgIpc) is 2.44. The normalized spacial score (nSPS) is 11.0. The van der Waals surface area contributed by atoms with Crippen LogP contribution in [-0.4, -0.2) is 9.78 Å². The molecule has 0 aliphatic rings. The SMILES string of the molecule is CCn1nc2ccc(C)cc2c1Cl. The summed E-state index contributed by atoms with van der Waals surface area (Å²) in [7, 11) is 0. The molecule has 0 saturated heterocycles. The molecule has 0 saturated carbocycles. The van der Waals surface area contributed by atoms with Gasteiger partial charge in [-0.1, -0.05) is 23.2 Å². The summed E-state index contributed by atoms with van der Waals surface area (Å²) in [6.45, 7) is 4.90. The first-order valence-electron chi connectivity index (χ1n) is 4.35. The molecule has 1 aromatic carbocycles. The van der Waals surface area contributed by atoms with Crippen LogP contribution >= 0.6 is 11.6 Å². The summed E-state index contributed by atoms with van der Waals surface area (Å²) in [5.41, 5.74) is 2.18. The van der Waals surface area contributed by atoms with Gasteiger partial charge in [-0.15, -0.1) is 0 Å². The molecule has 1 heterocycles. The summed E-state index contributed by atoms with van der Waals surface area (Å²) in [5.74, 6) is 0. The molecule has 0 spiro atoms. The Morgan fingerprint density at radius 3 is 2.92 bits per heavy atom. The Morgan fingerprint density at radius 1 is 1.46 bits per heavy atom. The Labute approximate surface area is 82.1 Å². The lowest BCUT2D eigenvalue weighted by Gasteiger charge is -1.94. The summed E-state index contributed by atoms with van der Waals surface area (Å²) >= 11 is 6.13. The Balaban J connectivity index is 2.77. The van der Waals surface area contributed by atoms with Crippen LogP contribution in [0.2, 0.25) is 5.15 Å². The number of nitrogens with zero attached hydrogens (tertiary/aromatic N) is 2. The van der Waals surface area contributed by atoms with Gasteiger partial charge in [-0.3, -0.25) is 4.68 Å². The van der Waals surface area contributed by atoms with E-state index in [4.69, 9.17) is 11.6 Å². The highest BCUT2D eigenvalue weighted by molar-refractivity contribution is 6.34. The van der Waals surface area contributed by atoms with E-state index in [1.807, 2.05) is 23.7 Å². The topological polar surface area (TPSA) is 17.8 Å². The van der Waals surface area contributed by atoms with E-state index < -0.39 is 0 Å². The molecular formula is C10H11ClN2. The molecule has 3 heteroatoms. The molecule has 0 aliphatic heterocycles. The fraction of sp³-hybridized carbons (Fsp3) is 0.300. The molecule has 0 radical (unpaired) electrons. The Kier molecular flexibility index (Phi) is 2.00. The van der Waals surface area contributed by atoms with Crippen molar-refractivity contribution in [2.24, 2.45) is 0 Å². The number of fused-ring (bicyclic) bond motifs is 1. The average molecular weight is 195 g/mol. The van der Waals surface area contributed by atoms with E-state index in [9.17, 15) is 0 Å². The maximum Gasteiger partial charge on any atom is 0.134 e. The molecule has 2 nitrogen and oxygen atoms in total. The lowest BCUT2D eigenvalue weighted by molar-refractivity contribution is 0.669. The van der Waals surface area contributed by atoms with E-state index in [0.717, 1.165) is 22.6 Å². The van der Waals surface area contributed by atoms with Crippen LogP contribution in [0, 0.1) is 6.92 Å². The summed E-state index contributed by atoms with van der Waals surface area (Å²) in [6.07, 6.45) is 0. The fourth-order valence-corrected chi connectivity index (χ4v) is 1.73. The zero-order valence-electron chi connectivity index (χ0n) is 7.71. The van der Waals surface area contributed by atoms with Crippen molar-refractivity contribution in [3.63, 3.8) is 0 Å². The molecule has 0 N–H and O–H groups in total. The second kappa shape index (κ2) is 3.04. The van der Waals surface area contributed by atoms with Crippen LogP contribution in [0.4, 0.5) is 0 Å². The molecule has 0 aliphatic carbocycles. The number of hydrogen-bond acceptors (Lipinski definition) is 1. The molecule has 0 atom stereocenters. The quantitative estimate of drug-likeness (QED) is 0.683. The van der Waals surface area contributed by atoms with Gasteiger partial charge in [0.15, 0.2) is 0 Å². The number of halogens is 1. The molecular weight excluding hydrogens is 184 g/mol. The van der Waals surface area contributed by atoms with Crippen molar-refractivity contribution in [2.75, 3.05) is 0 Å². The van der Waals surface area contributed by atoms with Gasteiger partial charge in [-0.05, 0) is 26.0 Å². The highest BCUT2D eigenvalue weighted by Crippen LogP contribution is 2.23. The first kappa shape index (κ1) is 8.57. The van der Waals surface area contributed by atoms with Gasteiger partial charge < -0.3 is 0 Å². The van der Waals surface area contributed by atoms with Gasteiger partial charge in [0.1, 0.15) is 5.15 Å². The second-order valence-corrected chi connectivity index (χ2v) is 3.49. The summed E-state index contributed by atoms with van der Waals surface area (Å²) in [4.78, 5) is 0. The van der Waals surface area contributed by atoms with Crippen LogP contribution in [0.25, 0.3) is 10.9 Å². The summed E-state index contributed by atoms with van der Waals surface area (Å²) in [6, 6.07) is 6.12. The van der Waals surface area contributed by atoms with Crippen LogP contribution < -0.4 is 0 Å². The number of benzene rings is 1. The molecule has 13 heavy (non-hydrogen) atoms. The van der Waals surface area contributed by atoms with Crippen molar-refractivity contribution < 1.29 is 0 Å². The van der Waals surface area contributed by atoms with Crippen LogP contribution in [0.1, 0.15) is 12.5 Å². The maximum absolute atomic E-state index is 6.13. The zero-order valence-corrected chi connectivity index (χ0v) is 8.47. The van der Waals surface area contributed by atoms with Gasteiger partial charge in [-0.2, -0.15) is 5.10 Å². The number of hydrogen-bond donors (Lipinski definition) is 0. The monoisotopic (exact) mass is 194 g/mol. The maximum atomic E-state index is 6.13. The van der Waals surface area contributed by atoms with Crippen molar-refractivity contribution in [1.29, 1.82) is 0 Å². The van der Waals surface area contributed by atoms with E-state index in [0.29, 0.717) is 0 Å². The van der Waals surface area contributed by atoms with Crippen molar-refractivity contribution in [1.82, 2.24) is 9.78 Å². The van der Waals surface area contributed by atoms with Gasteiger partial charge in [0, 0.05) is 11.9 Å². The zero-order chi connectivity index (χ0) is 9.42. The minimum absolute atomic E-state index is 0.737. The first-order valence-corrected chi connectivity index (χ1v) is 4.73. The minimum Gasteiger partial charge on any atom is -0.253 e. The van der Waals surface area contributed by atoms with Crippen molar-refractivity contribution in [2.45, 2.75) is 20.4 Å². The Bertz CT molecular complexity index is 445. The highest BCUT2D eigenvalue weighted by Gasteiger charge is 2.06. The van der Waals surface area contributed by atoms with Crippen LogP contribution in [-0.2, 0) is 6.54 Å².